The lowest BCUT2D eigenvalue weighted by Gasteiger charge is -2.14. The number of methoxy groups -OCH3 is 1. The van der Waals surface area contributed by atoms with Crippen LogP contribution in [-0.4, -0.2) is 13.1 Å². The molecule has 0 fully saturated rings. The molecule has 0 aliphatic heterocycles. The van der Waals surface area contributed by atoms with Crippen molar-refractivity contribution in [1.29, 1.82) is 0 Å². The van der Waals surface area contributed by atoms with Gasteiger partial charge in [-0.05, 0) is 12.1 Å². The third kappa shape index (κ3) is 3.91. The summed E-state index contributed by atoms with van der Waals surface area (Å²) in [7, 11) is 1.32. The molecule has 0 aliphatic rings. The predicted molar refractivity (Wildman–Crippen MR) is 83.0 cm³/mol. The molecule has 128 valence electrons. The maximum absolute atomic E-state index is 12.9. The molecule has 2 N–H and O–H groups in total. The van der Waals surface area contributed by atoms with Gasteiger partial charge in [0.1, 0.15) is 17.9 Å². The zero-order valence-electron chi connectivity index (χ0n) is 12.5. The van der Waals surface area contributed by atoms with Gasteiger partial charge in [0.15, 0.2) is 0 Å². The maximum atomic E-state index is 12.9. The molecule has 0 atom stereocenters. The second kappa shape index (κ2) is 7.00. The van der Waals surface area contributed by atoms with Gasteiger partial charge in [-0.15, -0.1) is 0 Å². The monoisotopic (exact) mass is 359 g/mol. The molecule has 4 nitrogen and oxygen atoms in total. The van der Waals surface area contributed by atoms with Gasteiger partial charge in [0.2, 0.25) is 0 Å². The molecule has 24 heavy (non-hydrogen) atoms. The topological polar surface area (TPSA) is 61.5 Å². The Kier molecular flexibility index (Phi) is 5.23. The summed E-state index contributed by atoms with van der Waals surface area (Å²) in [5.74, 6) is -0.753. The average Bonchev–Trinajstić information content (AvgIpc) is 2.54. The van der Waals surface area contributed by atoms with E-state index in [0.29, 0.717) is 0 Å². The Morgan fingerprint density at radius 2 is 1.92 bits per heavy atom. The van der Waals surface area contributed by atoms with E-state index in [1.54, 1.807) is 0 Å². The molecule has 0 spiro atoms. The van der Waals surface area contributed by atoms with Gasteiger partial charge in [-0.3, -0.25) is 0 Å². The first-order valence-corrected chi connectivity index (χ1v) is 7.07. The lowest BCUT2D eigenvalue weighted by atomic mass is 10.1. The molecule has 0 radical (unpaired) electrons. The predicted octanol–water partition coefficient (Wildman–Crippen LogP) is 4.31. The summed E-state index contributed by atoms with van der Waals surface area (Å²) in [6.07, 6.45) is -4.54. The molecule has 0 unspecified atom stereocenters. The van der Waals surface area contributed by atoms with Crippen molar-refractivity contribution in [3.8, 4) is 5.75 Å². The van der Waals surface area contributed by atoms with E-state index in [1.165, 1.54) is 37.4 Å². The van der Waals surface area contributed by atoms with E-state index >= 15 is 0 Å². The lowest BCUT2D eigenvalue weighted by molar-refractivity contribution is -0.138. The summed E-state index contributed by atoms with van der Waals surface area (Å²) < 4.78 is 48.7. The van der Waals surface area contributed by atoms with Crippen molar-refractivity contribution in [2.75, 3.05) is 12.8 Å². The Hall–Kier alpha value is -2.41. The summed E-state index contributed by atoms with van der Waals surface area (Å²) in [5, 5.41) is 0.110. The largest absolute Gasteiger partial charge is 0.496 e. The first kappa shape index (κ1) is 17.9. The number of esters is 1. The summed E-state index contributed by atoms with van der Waals surface area (Å²) >= 11 is 5.85. The average molecular weight is 360 g/mol. The van der Waals surface area contributed by atoms with E-state index < -0.39 is 24.3 Å². The van der Waals surface area contributed by atoms with E-state index in [1.807, 2.05) is 0 Å². The molecule has 2 aromatic carbocycles. The minimum Gasteiger partial charge on any atom is -0.496 e. The molecular weight excluding hydrogens is 347 g/mol. The summed E-state index contributed by atoms with van der Waals surface area (Å²) in [4.78, 5) is 12.1. The smallest absolute Gasteiger partial charge is 0.416 e. The molecule has 0 saturated heterocycles. The van der Waals surface area contributed by atoms with Gasteiger partial charge in [0.25, 0.3) is 0 Å². The number of halogens is 4. The van der Waals surface area contributed by atoms with Gasteiger partial charge < -0.3 is 15.2 Å². The van der Waals surface area contributed by atoms with Gasteiger partial charge in [-0.25, -0.2) is 4.79 Å². The zero-order chi connectivity index (χ0) is 17.9. The Bertz CT molecular complexity index is 763. The van der Waals surface area contributed by atoms with Crippen molar-refractivity contribution < 1.29 is 27.4 Å². The molecule has 2 aromatic rings. The number of hydrogen-bond acceptors (Lipinski definition) is 4. The number of carbonyl (C=O) groups excluding carboxylic acids is 1. The SMILES string of the molecule is COc1cc(N)c(Cl)cc1C(=O)OCc1ccccc1C(F)(F)F. The van der Waals surface area contributed by atoms with Crippen LogP contribution in [0.4, 0.5) is 18.9 Å². The van der Waals surface area contributed by atoms with E-state index in [-0.39, 0.29) is 27.6 Å². The van der Waals surface area contributed by atoms with E-state index in [2.05, 4.69) is 0 Å². The third-order valence-corrected chi connectivity index (χ3v) is 3.55. The lowest BCUT2D eigenvalue weighted by Crippen LogP contribution is -2.12. The maximum Gasteiger partial charge on any atom is 0.416 e. The molecule has 8 heteroatoms. The van der Waals surface area contributed by atoms with E-state index in [4.69, 9.17) is 26.8 Å². The van der Waals surface area contributed by atoms with Crippen LogP contribution in [-0.2, 0) is 17.5 Å². The molecular formula is C16H13ClF3NO3. The molecule has 0 amide bonds. The van der Waals surface area contributed by atoms with Crippen molar-refractivity contribution in [2.45, 2.75) is 12.8 Å². The van der Waals surface area contributed by atoms with E-state index in [9.17, 15) is 18.0 Å². The van der Waals surface area contributed by atoms with Gasteiger partial charge in [0.05, 0.1) is 23.4 Å². The highest BCUT2D eigenvalue weighted by molar-refractivity contribution is 6.33. The van der Waals surface area contributed by atoms with Crippen LogP contribution < -0.4 is 10.5 Å². The highest BCUT2D eigenvalue weighted by Crippen LogP contribution is 2.33. The van der Waals surface area contributed by atoms with Crippen molar-refractivity contribution in [2.24, 2.45) is 0 Å². The standard InChI is InChI=1S/C16H13ClF3NO3/c1-23-14-7-13(21)12(17)6-10(14)15(22)24-8-9-4-2-3-5-11(9)16(18,19)20/h2-7H,8,21H2,1H3. The van der Waals surface area contributed by atoms with Gasteiger partial charge in [0, 0.05) is 11.6 Å². The van der Waals surface area contributed by atoms with Gasteiger partial charge in [-0.1, -0.05) is 29.8 Å². The number of rotatable bonds is 4. The van der Waals surface area contributed by atoms with Crippen LogP contribution in [0, 0.1) is 0 Å². The Balaban J connectivity index is 2.22. The minimum absolute atomic E-state index is 0.0267. The molecule has 0 bridgehead atoms. The molecule has 0 heterocycles. The third-order valence-electron chi connectivity index (χ3n) is 3.22. The molecule has 0 aliphatic carbocycles. The van der Waals surface area contributed by atoms with Crippen molar-refractivity contribution in [3.05, 3.63) is 58.1 Å². The normalized spacial score (nSPS) is 11.2. The summed E-state index contributed by atoms with van der Waals surface area (Å²) in [6.45, 7) is -0.542. The minimum atomic E-state index is -4.54. The highest BCUT2D eigenvalue weighted by atomic mass is 35.5. The molecule has 0 saturated carbocycles. The summed E-state index contributed by atoms with van der Waals surface area (Å²) in [5.41, 5.74) is 4.77. The van der Waals surface area contributed by atoms with E-state index in [0.717, 1.165) is 6.07 Å². The van der Waals surface area contributed by atoms with Crippen LogP contribution in [0.2, 0.25) is 5.02 Å². The number of alkyl halides is 3. The van der Waals surface area contributed by atoms with Gasteiger partial charge in [-0.2, -0.15) is 13.2 Å². The zero-order valence-corrected chi connectivity index (χ0v) is 13.2. The molecule has 2 rings (SSSR count). The molecule has 0 aromatic heterocycles. The van der Waals surface area contributed by atoms with Crippen LogP contribution in [0.1, 0.15) is 21.5 Å². The number of benzene rings is 2. The first-order chi connectivity index (χ1) is 11.2. The summed E-state index contributed by atoms with van der Waals surface area (Å²) in [6, 6.07) is 7.43. The first-order valence-electron chi connectivity index (χ1n) is 6.69. The highest BCUT2D eigenvalue weighted by Gasteiger charge is 2.33. The number of carbonyl (C=O) groups is 1. The van der Waals surface area contributed by atoms with Crippen molar-refractivity contribution in [1.82, 2.24) is 0 Å². The van der Waals surface area contributed by atoms with Gasteiger partial charge >= 0.3 is 12.1 Å². The number of nitrogens with two attached hydrogens (primary N) is 1. The Morgan fingerprint density at radius 1 is 1.25 bits per heavy atom. The second-order valence-corrected chi connectivity index (χ2v) is 5.21. The number of anilines is 1. The van der Waals surface area contributed by atoms with Crippen LogP contribution in [0.3, 0.4) is 0 Å². The quantitative estimate of drug-likeness (QED) is 0.653. The van der Waals surface area contributed by atoms with Crippen LogP contribution in [0.15, 0.2) is 36.4 Å². The number of ether oxygens (including phenoxy) is 2. The fraction of sp³-hybridized carbons (Fsp3) is 0.188. The van der Waals surface area contributed by atoms with Crippen molar-refractivity contribution in [3.63, 3.8) is 0 Å². The van der Waals surface area contributed by atoms with Crippen molar-refractivity contribution >= 4 is 23.3 Å². The van der Waals surface area contributed by atoms with Crippen LogP contribution in [0.5, 0.6) is 5.75 Å². The Morgan fingerprint density at radius 3 is 2.54 bits per heavy atom. The van der Waals surface area contributed by atoms with Crippen LogP contribution >= 0.6 is 11.6 Å². The number of nitrogen functional groups attached to an aromatic ring is 1. The second-order valence-electron chi connectivity index (χ2n) is 4.81. The number of hydrogen-bond donors (Lipinski definition) is 1. The fourth-order valence-corrected chi connectivity index (χ4v) is 2.20. The van der Waals surface area contributed by atoms with Crippen LogP contribution in [0.25, 0.3) is 0 Å². The fourth-order valence-electron chi connectivity index (χ4n) is 2.04. The Labute approximate surface area is 140 Å².